The van der Waals surface area contributed by atoms with Crippen LogP contribution in [0.3, 0.4) is 0 Å². The van der Waals surface area contributed by atoms with Crippen molar-refractivity contribution in [2.45, 2.75) is 13.5 Å². The molecule has 2 aromatic carbocycles. The van der Waals surface area contributed by atoms with Gasteiger partial charge in [-0.05, 0) is 36.8 Å². The van der Waals surface area contributed by atoms with Crippen LogP contribution in [0.25, 0.3) is 11.0 Å². The van der Waals surface area contributed by atoms with Crippen molar-refractivity contribution >= 4 is 34.2 Å². The molecular formula is C19H16ClNO4. The average molecular weight is 358 g/mol. The molecule has 0 amide bonds. The van der Waals surface area contributed by atoms with Crippen LogP contribution in [0.15, 0.2) is 51.7 Å². The molecule has 0 bridgehead atoms. The summed E-state index contributed by atoms with van der Waals surface area (Å²) in [5, 5.41) is 4.14. The summed E-state index contributed by atoms with van der Waals surface area (Å²) in [7, 11) is 1.73. The maximum Gasteiger partial charge on any atom is 0.340 e. The largest absolute Gasteiger partial charge is 0.457 e. The van der Waals surface area contributed by atoms with E-state index < -0.39 is 11.6 Å². The molecule has 0 saturated carbocycles. The standard InChI is InChI=1S/C19H16ClNO4/c1-11-7-17-14(9-15(11)20)12(8-18(22)25-17)10-24-19(23)13-5-3-4-6-16(13)21-2/h3-9,21H,10H2,1-2H3. The first-order chi connectivity index (χ1) is 12.0. The molecule has 1 N–H and O–H groups in total. The second-order valence-corrected chi connectivity index (χ2v) is 5.97. The lowest BCUT2D eigenvalue weighted by Gasteiger charge is -2.10. The number of esters is 1. The van der Waals surface area contributed by atoms with Crippen molar-refractivity contribution in [2.75, 3.05) is 12.4 Å². The van der Waals surface area contributed by atoms with Crippen LogP contribution in [0.5, 0.6) is 0 Å². The zero-order chi connectivity index (χ0) is 18.0. The molecule has 3 aromatic rings. The van der Waals surface area contributed by atoms with Crippen LogP contribution in [0.2, 0.25) is 5.02 Å². The molecule has 0 aliphatic rings. The van der Waals surface area contributed by atoms with Gasteiger partial charge in [0, 0.05) is 34.8 Å². The minimum Gasteiger partial charge on any atom is -0.457 e. The van der Waals surface area contributed by atoms with Crippen molar-refractivity contribution in [3.05, 3.63) is 74.6 Å². The number of para-hydroxylation sites is 1. The molecule has 0 spiro atoms. The van der Waals surface area contributed by atoms with Gasteiger partial charge < -0.3 is 14.5 Å². The fraction of sp³-hybridized carbons (Fsp3) is 0.158. The van der Waals surface area contributed by atoms with E-state index in [0.29, 0.717) is 32.8 Å². The predicted molar refractivity (Wildman–Crippen MR) is 97.3 cm³/mol. The van der Waals surface area contributed by atoms with E-state index in [1.165, 1.54) is 6.07 Å². The Balaban J connectivity index is 1.92. The lowest BCUT2D eigenvalue weighted by atomic mass is 10.1. The molecule has 0 aliphatic carbocycles. The Hall–Kier alpha value is -2.79. The Labute approximate surface area is 149 Å². The fourth-order valence-corrected chi connectivity index (χ4v) is 2.73. The van der Waals surface area contributed by atoms with Gasteiger partial charge in [0.25, 0.3) is 0 Å². The third kappa shape index (κ3) is 3.51. The number of aryl methyl sites for hydroxylation is 1. The summed E-state index contributed by atoms with van der Waals surface area (Å²) in [6.45, 7) is 1.77. The molecule has 0 aliphatic heterocycles. The minimum atomic E-state index is -0.504. The maximum absolute atomic E-state index is 12.3. The van der Waals surface area contributed by atoms with Gasteiger partial charge in [-0.1, -0.05) is 23.7 Å². The SMILES string of the molecule is CNc1ccccc1C(=O)OCc1cc(=O)oc2cc(C)c(Cl)cc12. The number of benzene rings is 2. The number of hydrogen-bond acceptors (Lipinski definition) is 5. The Bertz CT molecular complexity index is 1010. The number of anilines is 1. The third-order valence-electron chi connectivity index (χ3n) is 3.88. The number of fused-ring (bicyclic) bond motifs is 1. The Morgan fingerprint density at radius 1 is 1.24 bits per heavy atom. The van der Waals surface area contributed by atoms with E-state index in [1.54, 1.807) is 37.4 Å². The van der Waals surface area contributed by atoms with Crippen molar-refractivity contribution in [2.24, 2.45) is 0 Å². The van der Waals surface area contributed by atoms with Gasteiger partial charge in [-0.15, -0.1) is 0 Å². The Morgan fingerprint density at radius 3 is 2.76 bits per heavy atom. The second kappa shape index (κ2) is 6.99. The van der Waals surface area contributed by atoms with Gasteiger partial charge in [-0.2, -0.15) is 0 Å². The highest BCUT2D eigenvalue weighted by atomic mass is 35.5. The first-order valence-electron chi connectivity index (χ1n) is 7.66. The molecule has 0 atom stereocenters. The van der Waals surface area contributed by atoms with Gasteiger partial charge in [0.1, 0.15) is 12.2 Å². The fourth-order valence-electron chi connectivity index (χ4n) is 2.57. The van der Waals surface area contributed by atoms with Crippen molar-refractivity contribution in [3.63, 3.8) is 0 Å². The van der Waals surface area contributed by atoms with Gasteiger partial charge in [0.15, 0.2) is 0 Å². The molecule has 6 heteroatoms. The monoisotopic (exact) mass is 357 g/mol. The molecule has 25 heavy (non-hydrogen) atoms. The predicted octanol–water partition coefficient (Wildman–Crippen LogP) is 4.15. The quantitative estimate of drug-likeness (QED) is 0.561. The van der Waals surface area contributed by atoms with Crippen LogP contribution in [-0.4, -0.2) is 13.0 Å². The lowest BCUT2D eigenvalue weighted by Crippen LogP contribution is -2.10. The van der Waals surface area contributed by atoms with Crippen LogP contribution in [-0.2, 0) is 11.3 Å². The number of ether oxygens (including phenoxy) is 1. The van der Waals surface area contributed by atoms with Gasteiger partial charge in [-0.3, -0.25) is 0 Å². The van der Waals surface area contributed by atoms with Crippen molar-refractivity contribution in [1.82, 2.24) is 0 Å². The average Bonchev–Trinajstić information content (AvgIpc) is 2.60. The molecule has 1 heterocycles. The molecule has 5 nitrogen and oxygen atoms in total. The summed E-state index contributed by atoms with van der Waals surface area (Å²) in [5.74, 6) is -0.482. The summed E-state index contributed by atoms with van der Waals surface area (Å²) >= 11 is 6.16. The molecular weight excluding hydrogens is 342 g/mol. The minimum absolute atomic E-state index is 0.0572. The zero-order valence-electron chi connectivity index (χ0n) is 13.8. The molecule has 1 aromatic heterocycles. The normalized spacial score (nSPS) is 10.7. The van der Waals surface area contributed by atoms with E-state index in [-0.39, 0.29) is 6.61 Å². The molecule has 0 saturated heterocycles. The van der Waals surface area contributed by atoms with Gasteiger partial charge in [0.05, 0.1) is 5.56 Å². The summed E-state index contributed by atoms with van der Waals surface area (Å²) < 4.78 is 10.6. The highest BCUT2D eigenvalue weighted by Gasteiger charge is 2.14. The van der Waals surface area contributed by atoms with E-state index in [2.05, 4.69) is 5.32 Å². The second-order valence-electron chi connectivity index (χ2n) is 5.56. The van der Waals surface area contributed by atoms with E-state index in [1.807, 2.05) is 13.0 Å². The number of halogens is 1. The Morgan fingerprint density at radius 2 is 2.00 bits per heavy atom. The summed E-state index contributed by atoms with van der Waals surface area (Å²) in [4.78, 5) is 24.1. The zero-order valence-corrected chi connectivity index (χ0v) is 14.5. The molecule has 128 valence electrons. The number of carbonyl (C=O) groups excluding carboxylic acids is 1. The first kappa shape index (κ1) is 17.0. The van der Waals surface area contributed by atoms with E-state index in [9.17, 15) is 9.59 Å². The topological polar surface area (TPSA) is 68.5 Å². The lowest BCUT2D eigenvalue weighted by molar-refractivity contribution is 0.0475. The summed E-state index contributed by atoms with van der Waals surface area (Å²) in [6.07, 6.45) is 0. The van der Waals surface area contributed by atoms with Gasteiger partial charge in [0.2, 0.25) is 0 Å². The van der Waals surface area contributed by atoms with E-state index in [4.69, 9.17) is 20.8 Å². The molecule has 0 radical (unpaired) electrons. The van der Waals surface area contributed by atoms with Gasteiger partial charge >= 0.3 is 11.6 Å². The van der Waals surface area contributed by atoms with Crippen molar-refractivity contribution < 1.29 is 13.9 Å². The van der Waals surface area contributed by atoms with Crippen molar-refractivity contribution in [3.8, 4) is 0 Å². The third-order valence-corrected chi connectivity index (χ3v) is 4.29. The van der Waals surface area contributed by atoms with Crippen LogP contribution in [0.1, 0.15) is 21.5 Å². The van der Waals surface area contributed by atoms with Crippen LogP contribution in [0.4, 0.5) is 5.69 Å². The van der Waals surface area contributed by atoms with Crippen LogP contribution < -0.4 is 10.9 Å². The van der Waals surface area contributed by atoms with E-state index in [0.717, 1.165) is 5.56 Å². The number of rotatable bonds is 4. The number of hydrogen-bond donors (Lipinski definition) is 1. The van der Waals surface area contributed by atoms with Crippen LogP contribution >= 0.6 is 11.6 Å². The molecule has 3 rings (SSSR count). The first-order valence-corrected chi connectivity index (χ1v) is 8.04. The molecule has 0 unspecified atom stereocenters. The van der Waals surface area contributed by atoms with Crippen molar-refractivity contribution in [1.29, 1.82) is 0 Å². The Kier molecular flexibility index (Phi) is 4.76. The summed E-state index contributed by atoms with van der Waals surface area (Å²) in [6, 6.07) is 11.7. The molecule has 0 fully saturated rings. The highest BCUT2D eigenvalue weighted by Crippen LogP contribution is 2.26. The van der Waals surface area contributed by atoms with E-state index >= 15 is 0 Å². The number of carbonyl (C=O) groups is 1. The smallest absolute Gasteiger partial charge is 0.340 e. The highest BCUT2D eigenvalue weighted by molar-refractivity contribution is 6.32. The van der Waals surface area contributed by atoms with Gasteiger partial charge in [-0.25, -0.2) is 9.59 Å². The maximum atomic E-state index is 12.3. The van der Waals surface area contributed by atoms with Crippen LogP contribution in [0, 0.1) is 6.92 Å². The summed E-state index contributed by atoms with van der Waals surface area (Å²) in [5.41, 5.74) is 2.35. The number of nitrogens with one attached hydrogen (secondary N) is 1.